The van der Waals surface area contributed by atoms with Crippen LogP contribution in [0.15, 0.2) is 78.9 Å². The van der Waals surface area contributed by atoms with Crippen molar-refractivity contribution in [1.29, 1.82) is 0 Å². The summed E-state index contributed by atoms with van der Waals surface area (Å²) in [4.78, 5) is 24.5. The summed E-state index contributed by atoms with van der Waals surface area (Å²) in [6.45, 7) is 0.169. The Bertz CT molecular complexity index is 977. The molecular weight excluding hydrogens is 371 g/mol. The van der Waals surface area contributed by atoms with E-state index >= 15 is 0 Å². The Labute approximate surface area is 168 Å². The molecule has 2 amide bonds. The van der Waals surface area contributed by atoms with Gasteiger partial charge < -0.3 is 15.4 Å². The van der Waals surface area contributed by atoms with Crippen molar-refractivity contribution in [3.63, 3.8) is 0 Å². The summed E-state index contributed by atoms with van der Waals surface area (Å²) in [5.41, 5.74) is 1.71. The van der Waals surface area contributed by atoms with E-state index in [4.69, 9.17) is 4.74 Å². The van der Waals surface area contributed by atoms with Crippen molar-refractivity contribution in [3.8, 4) is 5.75 Å². The maximum absolute atomic E-state index is 13.6. The van der Waals surface area contributed by atoms with Crippen LogP contribution in [0.3, 0.4) is 0 Å². The zero-order chi connectivity index (χ0) is 20.5. The maximum Gasteiger partial charge on any atom is 0.258 e. The van der Waals surface area contributed by atoms with Gasteiger partial charge in [0.2, 0.25) is 0 Å². The molecule has 0 saturated carbocycles. The number of amides is 2. The molecule has 0 fully saturated rings. The fourth-order valence-electron chi connectivity index (χ4n) is 2.68. The standard InChI is InChI=1S/C23H21FN2O3/c24-20-12-6-4-10-18(20)15-25-22(27)16-29-21-13-7-5-11-19(21)23(28)26-14-17-8-2-1-3-9-17/h1-13H,14-16H2,(H,25,27)(H,26,28). The van der Waals surface area contributed by atoms with Crippen LogP contribution in [0, 0.1) is 5.82 Å². The zero-order valence-electron chi connectivity index (χ0n) is 15.7. The van der Waals surface area contributed by atoms with E-state index < -0.39 is 5.91 Å². The van der Waals surface area contributed by atoms with Gasteiger partial charge in [0, 0.05) is 18.7 Å². The van der Waals surface area contributed by atoms with Gasteiger partial charge in [-0.1, -0.05) is 60.7 Å². The molecule has 5 nitrogen and oxygen atoms in total. The Hall–Kier alpha value is -3.67. The fraction of sp³-hybridized carbons (Fsp3) is 0.130. The smallest absolute Gasteiger partial charge is 0.258 e. The van der Waals surface area contributed by atoms with Gasteiger partial charge in [0.1, 0.15) is 11.6 Å². The van der Waals surface area contributed by atoms with E-state index in [9.17, 15) is 14.0 Å². The van der Waals surface area contributed by atoms with Crippen molar-refractivity contribution in [2.45, 2.75) is 13.1 Å². The molecular formula is C23H21FN2O3. The van der Waals surface area contributed by atoms with Crippen LogP contribution in [-0.2, 0) is 17.9 Å². The first kappa shape index (κ1) is 20.1. The molecule has 3 aromatic rings. The number of hydrogen-bond acceptors (Lipinski definition) is 3. The SMILES string of the molecule is O=C(COc1ccccc1C(=O)NCc1ccccc1)NCc1ccccc1F. The van der Waals surface area contributed by atoms with Crippen LogP contribution in [0.1, 0.15) is 21.5 Å². The topological polar surface area (TPSA) is 67.4 Å². The highest BCUT2D eigenvalue weighted by Gasteiger charge is 2.13. The first-order valence-corrected chi connectivity index (χ1v) is 9.17. The van der Waals surface area contributed by atoms with Crippen LogP contribution in [0.5, 0.6) is 5.75 Å². The lowest BCUT2D eigenvalue weighted by Crippen LogP contribution is -2.29. The van der Waals surface area contributed by atoms with Crippen molar-refractivity contribution in [2.24, 2.45) is 0 Å². The molecule has 0 aliphatic carbocycles. The Kier molecular flexibility index (Phi) is 6.95. The molecule has 0 heterocycles. The van der Waals surface area contributed by atoms with Gasteiger partial charge in [0.25, 0.3) is 11.8 Å². The van der Waals surface area contributed by atoms with Crippen molar-refractivity contribution >= 4 is 11.8 Å². The summed E-state index contributed by atoms with van der Waals surface area (Å²) in [5, 5.41) is 5.44. The van der Waals surface area contributed by atoms with E-state index in [0.717, 1.165) is 5.56 Å². The summed E-state index contributed by atoms with van der Waals surface area (Å²) in [6, 6.07) is 22.5. The highest BCUT2D eigenvalue weighted by molar-refractivity contribution is 5.97. The van der Waals surface area contributed by atoms with E-state index in [-0.39, 0.29) is 24.9 Å². The molecule has 0 unspecified atom stereocenters. The second kappa shape index (κ2) is 10.0. The summed E-state index contributed by atoms with van der Waals surface area (Å²) in [7, 11) is 0. The van der Waals surface area contributed by atoms with E-state index in [1.807, 2.05) is 30.3 Å². The highest BCUT2D eigenvalue weighted by Crippen LogP contribution is 2.18. The third kappa shape index (κ3) is 5.90. The second-order valence-corrected chi connectivity index (χ2v) is 6.32. The maximum atomic E-state index is 13.6. The lowest BCUT2D eigenvalue weighted by molar-refractivity contribution is -0.123. The zero-order valence-corrected chi connectivity index (χ0v) is 15.7. The predicted molar refractivity (Wildman–Crippen MR) is 108 cm³/mol. The molecule has 3 rings (SSSR count). The van der Waals surface area contributed by atoms with Crippen molar-refractivity contribution in [3.05, 3.63) is 101 Å². The predicted octanol–water partition coefficient (Wildman–Crippen LogP) is 3.45. The third-order valence-corrected chi connectivity index (χ3v) is 4.22. The van der Waals surface area contributed by atoms with Gasteiger partial charge in [-0.25, -0.2) is 4.39 Å². The summed E-state index contributed by atoms with van der Waals surface area (Å²) < 4.78 is 19.1. The van der Waals surface area contributed by atoms with Gasteiger partial charge in [0.15, 0.2) is 6.61 Å². The molecule has 0 atom stereocenters. The number of para-hydroxylation sites is 1. The van der Waals surface area contributed by atoms with E-state index in [2.05, 4.69) is 10.6 Å². The van der Waals surface area contributed by atoms with E-state index in [1.54, 1.807) is 42.5 Å². The largest absolute Gasteiger partial charge is 0.483 e. The lowest BCUT2D eigenvalue weighted by Gasteiger charge is -2.12. The molecule has 0 aliphatic rings. The van der Waals surface area contributed by atoms with Gasteiger partial charge >= 0.3 is 0 Å². The van der Waals surface area contributed by atoms with Crippen molar-refractivity contribution < 1.29 is 18.7 Å². The van der Waals surface area contributed by atoms with Gasteiger partial charge in [-0.3, -0.25) is 9.59 Å². The number of carbonyl (C=O) groups is 2. The molecule has 0 radical (unpaired) electrons. The highest BCUT2D eigenvalue weighted by atomic mass is 19.1. The Morgan fingerprint density at radius 1 is 0.793 bits per heavy atom. The molecule has 29 heavy (non-hydrogen) atoms. The van der Waals surface area contributed by atoms with E-state index in [1.165, 1.54) is 6.07 Å². The molecule has 0 saturated heterocycles. The van der Waals surface area contributed by atoms with Crippen molar-refractivity contribution in [1.82, 2.24) is 10.6 Å². The summed E-state index contributed by atoms with van der Waals surface area (Å²) in [6.07, 6.45) is 0. The number of carbonyl (C=O) groups excluding carboxylic acids is 2. The average molecular weight is 392 g/mol. The average Bonchev–Trinajstić information content (AvgIpc) is 2.76. The van der Waals surface area contributed by atoms with Gasteiger partial charge in [-0.2, -0.15) is 0 Å². The van der Waals surface area contributed by atoms with Gasteiger partial charge in [-0.15, -0.1) is 0 Å². The number of rotatable bonds is 8. The van der Waals surface area contributed by atoms with Crippen LogP contribution in [0.25, 0.3) is 0 Å². The number of ether oxygens (including phenoxy) is 1. The van der Waals surface area contributed by atoms with Gasteiger partial charge in [0.05, 0.1) is 5.56 Å². The summed E-state index contributed by atoms with van der Waals surface area (Å²) in [5.74, 6) is -0.780. The molecule has 3 aromatic carbocycles. The quantitative estimate of drug-likeness (QED) is 0.617. The number of nitrogens with one attached hydrogen (secondary N) is 2. The minimum Gasteiger partial charge on any atom is -0.483 e. The number of halogens is 1. The number of benzene rings is 3. The Morgan fingerprint density at radius 3 is 2.28 bits per heavy atom. The number of hydrogen-bond donors (Lipinski definition) is 2. The molecule has 0 aliphatic heterocycles. The van der Waals surface area contributed by atoms with Crippen LogP contribution < -0.4 is 15.4 Å². The second-order valence-electron chi connectivity index (χ2n) is 6.32. The molecule has 6 heteroatoms. The molecule has 2 N–H and O–H groups in total. The minimum absolute atomic E-state index is 0.0636. The monoisotopic (exact) mass is 392 g/mol. The molecule has 0 bridgehead atoms. The van der Waals surface area contributed by atoms with Crippen molar-refractivity contribution in [2.75, 3.05) is 6.61 Å². The minimum atomic E-state index is -0.409. The third-order valence-electron chi connectivity index (χ3n) is 4.22. The summed E-state index contributed by atoms with van der Waals surface area (Å²) >= 11 is 0. The first-order valence-electron chi connectivity index (χ1n) is 9.17. The first-order chi connectivity index (χ1) is 14.1. The van der Waals surface area contributed by atoms with Crippen LogP contribution in [0.2, 0.25) is 0 Å². The lowest BCUT2D eigenvalue weighted by atomic mass is 10.1. The molecule has 148 valence electrons. The molecule has 0 spiro atoms. The normalized spacial score (nSPS) is 10.2. The fourth-order valence-corrected chi connectivity index (χ4v) is 2.68. The molecule has 0 aromatic heterocycles. The Morgan fingerprint density at radius 2 is 1.48 bits per heavy atom. The van der Waals surface area contributed by atoms with Crippen LogP contribution in [-0.4, -0.2) is 18.4 Å². The van der Waals surface area contributed by atoms with E-state index in [0.29, 0.717) is 23.4 Å². The Balaban J connectivity index is 1.54. The van der Waals surface area contributed by atoms with Crippen LogP contribution >= 0.6 is 0 Å². The van der Waals surface area contributed by atoms with Crippen LogP contribution in [0.4, 0.5) is 4.39 Å². The van der Waals surface area contributed by atoms with Gasteiger partial charge in [-0.05, 0) is 23.8 Å².